The predicted molar refractivity (Wildman–Crippen MR) is 102 cm³/mol. The summed E-state index contributed by atoms with van der Waals surface area (Å²) in [5.41, 5.74) is 3.76. The fourth-order valence-corrected chi connectivity index (χ4v) is 3.46. The van der Waals surface area contributed by atoms with Crippen LogP contribution in [-0.2, 0) is 11.3 Å². The van der Waals surface area contributed by atoms with Gasteiger partial charge in [-0.3, -0.25) is 9.69 Å². The second kappa shape index (κ2) is 8.30. The van der Waals surface area contributed by atoms with Crippen LogP contribution < -0.4 is 5.32 Å². The first kappa shape index (κ1) is 17.7. The van der Waals surface area contributed by atoms with E-state index >= 15 is 0 Å². The number of hydrogen-bond donors (Lipinski definition) is 1. The quantitative estimate of drug-likeness (QED) is 0.892. The summed E-state index contributed by atoms with van der Waals surface area (Å²) in [6, 6.07) is 19.0. The molecule has 0 spiro atoms. The minimum absolute atomic E-state index is 0.0652. The maximum absolute atomic E-state index is 12.6. The van der Waals surface area contributed by atoms with Crippen LogP contribution in [-0.4, -0.2) is 23.9 Å². The van der Waals surface area contributed by atoms with Gasteiger partial charge in [-0.05, 0) is 50.9 Å². The number of likely N-dealkylation sites (tertiary alicyclic amines) is 1. The van der Waals surface area contributed by atoms with Gasteiger partial charge in [-0.25, -0.2) is 0 Å². The summed E-state index contributed by atoms with van der Waals surface area (Å²) in [7, 11) is 0. The monoisotopic (exact) mass is 336 g/mol. The van der Waals surface area contributed by atoms with E-state index in [0.717, 1.165) is 32.5 Å². The number of hydrogen-bond acceptors (Lipinski definition) is 2. The Morgan fingerprint density at radius 1 is 1.08 bits per heavy atom. The molecular formula is C22H28N2O. The van der Waals surface area contributed by atoms with Gasteiger partial charge in [0.1, 0.15) is 0 Å². The lowest BCUT2D eigenvalue weighted by Gasteiger charge is -2.32. The molecule has 3 nitrogen and oxygen atoms in total. The number of nitrogens with zero attached hydrogens (tertiary/aromatic N) is 1. The zero-order chi connectivity index (χ0) is 17.6. The first-order valence-electron chi connectivity index (χ1n) is 9.25. The zero-order valence-corrected chi connectivity index (χ0v) is 15.2. The molecule has 1 N–H and O–H groups in total. The Bertz CT molecular complexity index is 673. The number of carbonyl (C=O) groups excluding carboxylic acids is 1. The molecule has 0 aliphatic carbocycles. The molecule has 1 atom stereocenters. The molecule has 25 heavy (non-hydrogen) atoms. The van der Waals surface area contributed by atoms with Crippen LogP contribution in [0.4, 0.5) is 0 Å². The maximum Gasteiger partial charge on any atom is 0.223 e. The first-order chi connectivity index (χ1) is 12.1. The molecule has 0 aromatic heterocycles. The molecule has 132 valence electrons. The minimum Gasteiger partial charge on any atom is -0.349 e. The number of rotatable bonds is 5. The summed E-state index contributed by atoms with van der Waals surface area (Å²) < 4.78 is 0. The van der Waals surface area contributed by atoms with E-state index in [1.54, 1.807) is 0 Å². The summed E-state index contributed by atoms with van der Waals surface area (Å²) >= 11 is 0. The van der Waals surface area contributed by atoms with Gasteiger partial charge in [0, 0.05) is 12.5 Å². The lowest BCUT2D eigenvalue weighted by atomic mass is 9.94. The highest BCUT2D eigenvalue weighted by atomic mass is 16.1. The van der Waals surface area contributed by atoms with Crippen LogP contribution in [0, 0.1) is 12.8 Å². The second-order valence-electron chi connectivity index (χ2n) is 7.18. The molecule has 1 fully saturated rings. The van der Waals surface area contributed by atoms with Crippen molar-refractivity contribution in [3.8, 4) is 0 Å². The van der Waals surface area contributed by atoms with Crippen molar-refractivity contribution in [3.63, 3.8) is 0 Å². The van der Waals surface area contributed by atoms with E-state index in [1.807, 2.05) is 0 Å². The molecule has 1 aliphatic heterocycles. The first-order valence-corrected chi connectivity index (χ1v) is 9.25. The molecule has 2 aromatic rings. The van der Waals surface area contributed by atoms with E-state index in [0.29, 0.717) is 0 Å². The molecule has 1 amide bonds. The molecule has 3 heteroatoms. The minimum atomic E-state index is 0.0652. The third kappa shape index (κ3) is 4.93. The third-order valence-electron chi connectivity index (χ3n) is 5.14. The van der Waals surface area contributed by atoms with Crippen molar-refractivity contribution in [2.24, 2.45) is 5.92 Å². The number of aryl methyl sites for hydroxylation is 1. The molecule has 0 bridgehead atoms. The van der Waals surface area contributed by atoms with E-state index in [2.05, 4.69) is 78.7 Å². The van der Waals surface area contributed by atoms with Crippen LogP contribution in [0.25, 0.3) is 0 Å². The number of carbonyl (C=O) groups is 1. The molecule has 1 aliphatic rings. The number of amides is 1. The molecule has 3 rings (SSSR count). The number of nitrogens with one attached hydrogen (secondary N) is 1. The number of benzene rings is 2. The average Bonchev–Trinajstić information content (AvgIpc) is 2.63. The molecule has 1 saturated heterocycles. The summed E-state index contributed by atoms with van der Waals surface area (Å²) in [4.78, 5) is 15.0. The van der Waals surface area contributed by atoms with E-state index in [-0.39, 0.29) is 17.9 Å². The highest BCUT2D eigenvalue weighted by Gasteiger charge is 2.25. The van der Waals surface area contributed by atoms with Crippen LogP contribution in [0.3, 0.4) is 0 Å². The van der Waals surface area contributed by atoms with E-state index in [4.69, 9.17) is 0 Å². The van der Waals surface area contributed by atoms with Gasteiger partial charge in [0.25, 0.3) is 0 Å². The Balaban J connectivity index is 1.47. The van der Waals surface area contributed by atoms with Gasteiger partial charge >= 0.3 is 0 Å². The van der Waals surface area contributed by atoms with Gasteiger partial charge in [-0.1, -0.05) is 60.2 Å². The van der Waals surface area contributed by atoms with Crippen molar-refractivity contribution in [1.82, 2.24) is 10.2 Å². The highest BCUT2D eigenvalue weighted by Crippen LogP contribution is 2.21. The third-order valence-corrected chi connectivity index (χ3v) is 5.14. The Morgan fingerprint density at radius 2 is 1.72 bits per heavy atom. The lowest BCUT2D eigenvalue weighted by Crippen LogP contribution is -2.40. The fraction of sp³-hybridized carbons (Fsp3) is 0.409. The van der Waals surface area contributed by atoms with E-state index in [9.17, 15) is 4.79 Å². The van der Waals surface area contributed by atoms with Crippen molar-refractivity contribution >= 4 is 5.91 Å². The summed E-state index contributed by atoms with van der Waals surface area (Å²) in [5.74, 6) is 0.340. The maximum atomic E-state index is 12.6. The molecule has 0 unspecified atom stereocenters. The number of piperidine rings is 1. The summed E-state index contributed by atoms with van der Waals surface area (Å²) in [5, 5.41) is 3.19. The standard InChI is InChI=1S/C22H28N2O/c1-17-8-10-20(11-9-17)18(2)23-22(25)21-12-14-24(15-13-21)16-19-6-4-3-5-7-19/h3-11,18,21H,12-16H2,1-2H3,(H,23,25)/t18-/m0/s1. The van der Waals surface area contributed by atoms with Crippen molar-refractivity contribution in [3.05, 3.63) is 71.3 Å². The normalized spacial score (nSPS) is 17.2. The van der Waals surface area contributed by atoms with Crippen LogP contribution in [0.1, 0.15) is 42.5 Å². The predicted octanol–water partition coefficient (Wildman–Crippen LogP) is 4.08. The van der Waals surface area contributed by atoms with Crippen LogP contribution in [0.15, 0.2) is 54.6 Å². The van der Waals surface area contributed by atoms with Crippen LogP contribution in [0.5, 0.6) is 0 Å². The molecular weight excluding hydrogens is 308 g/mol. The molecule has 1 heterocycles. The smallest absolute Gasteiger partial charge is 0.223 e. The van der Waals surface area contributed by atoms with Gasteiger partial charge in [0.05, 0.1) is 6.04 Å². The van der Waals surface area contributed by atoms with E-state index in [1.165, 1.54) is 16.7 Å². The van der Waals surface area contributed by atoms with E-state index < -0.39 is 0 Å². The fourth-order valence-electron chi connectivity index (χ4n) is 3.46. The van der Waals surface area contributed by atoms with Gasteiger partial charge < -0.3 is 5.32 Å². The highest BCUT2D eigenvalue weighted by molar-refractivity contribution is 5.79. The Kier molecular flexibility index (Phi) is 5.87. The van der Waals surface area contributed by atoms with Crippen LogP contribution in [0.2, 0.25) is 0 Å². The van der Waals surface area contributed by atoms with Gasteiger partial charge in [0.2, 0.25) is 5.91 Å². The van der Waals surface area contributed by atoms with Crippen molar-refractivity contribution in [1.29, 1.82) is 0 Å². The van der Waals surface area contributed by atoms with Crippen molar-refractivity contribution in [2.45, 2.75) is 39.3 Å². The largest absolute Gasteiger partial charge is 0.349 e. The van der Waals surface area contributed by atoms with Crippen LogP contribution >= 0.6 is 0 Å². The Labute approximate surface area is 151 Å². The Morgan fingerprint density at radius 3 is 2.36 bits per heavy atom. The Hall–Kier alpha value is -2.13. The summed E-state index contributed by atoms with van der Waals surface area (Å²) in [6.07, 6.45) is 1.89. The summed E-state index contributed by atoms with van der Waals surface area (Å²) in [6.45, 7) is 7.11. The SMILES string of the molecule is Cc1ccc([C@H](C)NC(=O)C2CCN(Cc3ccccc3)CC2)cc1. The van der Waals surface area contributed by atoms with Gasteiger partial charge in [-0.15, -0.1) is 0 Å². The second-order valence-corrected chi connectivity index (χ2v) is 7.18. The topological polar surface area (TPSA) is 32.3 Å². The average molecular weight is 336 g/mol. The van der Waals surface area contributed by atoms with Crippen molar-refractivity contribution < 1.29 is 4.79 Å². The molecule has 0 saturated carbocycles. The molecule has 0 radical (unpaired) electrons. The lowest BCUT2D eigenvalue weighted by molar-refractivity contribution is -0.127. The van der Waals surface area contributed by atoms with Gasteiger partial charge in [-0.2, -0.15) is 0 Å². The van der Waals surface area contributed by atoms with Gasteiger partial charge in [0.15, 0.2) is 0 Å². The zero-order valence-electron chi connectivity index (χ0n) is 15.2. The molecule has 2 aromatic carbocycles. The van der Waals surface area contributed by atoms with Crippen molar-refractivity contribution in [2.75, 3.05) is 13.1 Å².